The molecule has 5 rings (SSSR count). The largest absolute Gasteiger partial charge is 0.367 e. The van der Waals surface area contributed by atoms with Gasteiger partial charge in [0.15, 0.2) is 5.82 Å². The number of rotatable bonds is 4. The number of aromatic nitrogens is 2. The van der Waals surface area contributed by atoms with Crippen LogP contribution >= 0.6 is 0 Å². The second-order valence-corrected chi connectivity index (χ2v) is 7.63. The van der Waals surface area contributed by atoms with Crippen LogP contribution in [-0.4, -0.2) is 52.3 Å². The van der Waals surface area contributed by atoms with Crippen molar-refractivity contribution in [3.8, 4) is 0 Å². The van der Waals surface area contributed by atoms with Crippen LogP contribution in [0, 0.1) is 11.6 Å². The standard InChI is InChI=1S/C20H23F2N9/c1-28-9-13(8-26-28)19-20-17(11-30(23)12-25-20)31(27-19)10-14-15(21)2-3-16(18(14)22)29-6-4-24-5-7-29/h2-3,8-9,11-12,24,27H,4-7,10,23H2,1H3. The number of hydrazine groups is 2. The monoisotopic (exact) mass is 427 g/mol. The lowest BCUT2D eigenvalue weighted by atomic mass is 10.1. The Morgan fingerprint density at radius 1 is 1.19 bits per heavy atom. The summed E-state index contributed by atoms with van der Waals surface area (Å²) in [5, 5.41) is 10.4. The molecule has 0 atom stereocenters. The maximum absolute atomic E-state index is 15.4. The molecule has 4 heterocycles. The Labute approximate surface area is 178 Å². The van der Waals surface area contributed by atoms with Gasteiger partial charge in [-0.1, -0.05) is 0 Å². The number of benzene rings is 1. The normalized spacial score (nSPS) is 18.5. The Kier molecular flexibility index (Phi) is 4.83. The Hall–Kier alpha value is -3.44. The summed E-state index contributed by atoms with van der Waals surface area (Å²) in [5.74, 6) is 4.72. The zero-order valence-electron chi connectivity index (χ0n) is 17.0. The lowest BCUT2D eigenvalue weighted by molar-refractivity contribution is 0.292. The molecule has 0 amide bonds. The Morgan fingerprint density at radius 2 is 2.00 bits per heavy atom. The first-order valence-corrected chi connectivity index (χ1v) is 10.0. The van der Waals surface area contributed by atoms with Gasteiger partial charge in [0, 0.05) is 56.8 Å². The molecule has 0 spiro atoms. The van der Waals surface area contributed by atoms with Gasteiger partial charge >= 0.3 is 0 Å². The van der Waals surface area contributed by atoms with E-state index >= 15 is 4.39 Å². The fourth-order valence-electron chi connectivity index (χ4n) is 3.98. The number of anilines is 1. The first-order chi connectivity index (χ1) is 15.0. The van der Waals surface area contributed by atoms with Gasteiger partial charge in [-0.05, 0) is 12.1 Å². The summed E-state index contributed by atoms with van der Waals surface area (Å²) in [5.41, 5.74) is 6.38. The van der Waals surface area contributed by atoms with E-state index in [1.165, 1.54) is 23.5 Å². The van der Waals surface area contributed by atoms with Crippen molar-refractivity contribution in [1.82, 2.24) is 30.5 Å². The number of aryl methyl sites for hydroxylation is 1. The number of nitrogens with two attached hydrogens (primary N) is 1. The van der Waals surface area contributed by atoms with Crippen LogP contribution in [0.2, 0.25) is 0 Å². The van der Waals surface area contributed by atoms with Crippen LogP contribution < -0.4 is 21.5 Å². The van der Waals surface area contributed by atoms with Crippen LogP contribution in [-0.2, 0) is 13.6 Å². The van der Waals surface area contributed by atoms with Gasteiger partial charge in [0.1, 0.15) is 23.5 Å². The van der Waals surface area contributed by atoms with Crippen molar-refractivity contribution in [2.45, 2.75) is 6.54 Å². The Bertz CT molecular complexity index is 1100. The molecule has 0 bridgehead atoms. The van der Waals surface area contributed by atoms with Crippen molar-refractivity contribution in [3.63, 3.8) is 0 Å². The van der Waals surface area contributed by atoms with Gasteiger partial charge in [0.2, 0.25) is 0 Å². The minimum atomic E-state index is -0.598. The van der Waals surface area contributed by atoms with E-state index in [9.17, 15) is 4.39 Å². The highest BCUT2D eigenvalue weighted by atomic mass is 19.1. The zero-order valence-corrected chi connectivity index (χ0v) is 17.0. The summed E-state index contributed by atoms with van der Waals surface area (Å²) in [7, 11) is 1.82. The van der Waals surface area contributed by atoms with Crippen molar-refractivity contribution in [2.24, 2.45) is 17.9 Å². The molecule has 0 unspecified atom stereocenters. The molecular formula is C20H23F2N9. The number of piperazine rings is 1. The lowest BCUT2D eigenvalue weighted by Crippen LogP contribution is -2.44. The van der Waals surface area contributed by atoms with E-state index in [4.69, 9.17) is 5.84 Å². The quantitative estimate of drug-likeness (QED) is 0.624. The van der Waals surface area contributed by atoms with E-state index in [1.54, 1.807) is 22.1 Å². The Balaban J connectivity index is 1.48. The molecule has 162 valence electrons. The van der Waals surface area contributed by atoms with E-state index in [1.807, 2.05) is 18.1 Å². The van der Waals surface area contributed by atoms with Crippen molar-refractivity contribution in [1.29, 1.82) is 0 Å². The molecule has 1 saturated heterocycles. The second-order valence-electron chi connectivity index (χ2n) is 7.63. The summed E-state index contributed by atoms with van der Waals surface area (Å²) in [4.78, 5) is 6.34. The van der Waals surface area contributed by atoms with Gasteiger partial charge in [-0.2, -0.15) is 5.10 Å². The number of hydrogen-bond donors (Lipinski definition) is 3. The molecule has 11 heteroatoms. The molecule has 0 radical (unpaired) electrons. The van der Waals surface area contributed by atoms with Crippen LogP contribution in [0.25, 0.3) is 5.70 Å². The highest BCUT2D eigenvalue weighted by molar-refractivity contribution is 5.77. The van der Waals surface area contributed by atoms with Crippen LogP contribution in [0.1, 0.15) is 11.1 Å². The van der Waals surface area contributed by atoms with Crippen molar-refractivity contribution < 1.29 is 8.78 Å². The third-order valence-corrected chi connectivity index (χ3v) is 5.54. The van der Waals surface area contributed by atoms with Gasteiger partial charge in [0.25, 0.3) is 0 Å². The zero-order chi connectivity index (χ0) is 21.5. The van der Waals surface area contributed by atoms with Gasteiger partial charge in [0.05, 0.1) is 24.1 Å². The SMILES string of the molecule is Cn1cc(C2=C3N=CN(N)C=C3N(Cc3c(F)ccc(N4CCNCC4)c3F)N2)cn1. The summed E-state index contributed by atoms with van der Waals surface area (Å²) in [6, 6.07) is 2.83. The van der Waals surface area contributed by atoms with E-state index in [0.29, 0.717) is 35.9 Å². The molecule has 2 aromatic rings. The minimum absolute atomic E-state index is 0.0191. The molecule has 3 aliphatic rings. The smallest absolute Gasteiger partial charge is 0.154 e. The maximum atomic E-state index is 15.4. The predicted octanol–water partition coefficient (Wildman–Crippen LogP) is 0.856. The first-order valence-electron chi connectivity index (χ1n) is 10.0. The number of halogens is 2. The number of nitrogens with one attached hydrogen (secondary N) is 2. The molecular weight excluding hydrogens is 404 g/mol. The van der Waals surface area contributed by atoms with Crippen LogP contribution in [0.15, 0.2) is 47.1 Å². The molecule has 31 heavy (non-hydrogen) atoms. The highest BCUT2D eigenvalue weighted by Gasteiger charge is 2.32. The van der Waals surface area contributed by atoms with E-state index in [0.717, 1.165) is 18.7 Å². The average Bonchev–Trinajstić information content (AvgIpc) is 3.35. The van der Waals surface area contributed by atoms with E-state index < -0.39 is 11.6 Å². The Morgan fingerprint density at radius 3 is 2.74 bits per heavy atom. The van der Waals surface area contributed by atoms with Gasteiger partial charge in [-0.25, -0.2) is 19.6 Å². The fraction of sp³-hybridized carbons (Fsp3) is 0.300. The van der Waals surface area contributed by atoms with Crippen molar-refractivity contribution in [2.75, 3.05) is 31.1 Å². The van der Waals surface area contributed by atoms with Crippen LogP contribution in [0.5, 0.6) is 0 Å². The average molecular weight is 427 g/mol. The predicted molar refractivity (Wildman–Crippen MR) is 113 cm³/mol. The van der Waals surface area contributed by atoms with Crippen LogP contribution in [0.3, 0.4) is 0 Å². The number of aliphatic imine (C=N–C) groups is 1. The number of hydrogen-bond acceptors (Lipinski definition) is 8. The topological polar surface area (TPSA) is 90.0 Å². The molecule has 9 nitrogen and oxygen atoms in total. The second kappa shape index (κ2) is 7.67. The van der Waals surface area contributed by atoms with Gasteiger partial charge in [-0.15, -0.1) is 0 Å². The number of nitrogens with zero attached hydrogens (tertiary/aromatic N) is 6. The fourth-order valence-corrected chi connectivity index (χ4v) is 3.98. The van der Waals surface area contributed by atoms with Crippen LogP contribution in [0.4, 0.5) is 14.5 Å². The third-order valence-electron chi connectivity index (χ3n) is 5.54. The molecule has 3 aliphatic heterocycles. The third kappa shape index (κ3) is 3.51. The minimum Gasteiger partial charge on any atom is -0.367 e. The molecule has 1 aromatic carbocycles. The summed E-state index contributed by atoms with van der Waals surface area (Å²) < 4.78 is 31.8. The van der Waals surface area contributed by atoms with Gasteiger partial charge < -0.3 is 10.2 Å². The van der Waals surface area contributed by atoms with E-state index in [-0.39, 0.29) is 12.1 Å². The first kappa shape index (κ1) is 19.5. The summed E-state index contributed by atoms with van der Waals surface area (Å²) in [6.07, 6.45) is 6.68. The molecule has 0 saturated carbocycles. The molecule has 0 aliphatic carbocycles. The summed E-state index contributed by atoms with van der Waals surface area (Å²) >= 11 is 0. The number of fused-ring (bicyclic) bond motifs is 1. The van der Waals surface area contributed by atoms with Crippen molar-refractivity contribution >= 4 is 17.7 Å². The van der Waals surface area contributed by atoms with Gasteiger partial charge in [-0.3, -0.25) is 20.1 Å². The highest BCUT2D eigenvalue weighted by Crippen LogP contribution is 2.35. The molecule has 4 N–H and O–H groups in total. The molecule has 1 fully saturated rings. The van der Waals surface area contributed by atoms with E-state index in [2.05, 4.69) is 20.8 Å². The summed E-state index contributed by atoms with van der Waals surface area (Å²) in [6.45, 7) is 2.82. The molecule has 1 aromatic heterocycles. The maximum Gasteiger partial charge on any atom is 0.154 e. The van der Waals surface area contributed by atoms with Crippen molar-refractivity contribution in [3.05, 3.63) is 64.9 Å². The lowest BCUT2D eigenvalue weighted by Gasteiger charge is -2.31.